The Morgan fingerprint density at radius 2 is 2.10 bits per heavy atom. The van der Waals surface area contributed by atoms with Crippen molar-refractivity contribution in [2.45, 2.75) is 60.3 Å². The molecule has 1 aliphatic heterocycles. The molecule has 6 nitrogen and oxygen atoms in total. The Morgan fingerprint density at radius 1 is 1.29 bits per heavy atom. The summed E-state index contributed by atoms with van der Waals surface area (Å²) in [5.74, 6) is 0.587. The summed E-state index contributed by atoms with van der Waals surface area (Å²) in [6.45, 7) is 15.7. The minimum absolute atomic E-state index is 0.587. The second-order valence-electron chi connectivity index (χ2n) is 8.47. The van der Waals surface area contributed by atoms with Crippen LogP contribution >= 0.6 is 11.3 Å². The molecule has 0 spiro atoms. The molecule has 1 unspecified atom stereocenters. The summed E-state index contributed by atoms with van der Waals surface area (Å²) >= 11 is 1.73. The highest BCUT2D eigenvalue weighted by atomic mass is 32.1. The van der Waals surface area contributed by atoms with Crippen LogP contribution in [0.3, 0.4) is 0 Å². The summed E-state index contributed by atoms with van der Waals surface area (Å²) in [4.78, 5) is 19.8. The average molecular weight is 448 g/mol. The molecule has 1 aliphatic rings. The summed E-state index contributed by atoms with van der Waals surface area (Å²) in [7, 11) is 2.10. The smallest absolute Gasteiger partial charge is 0.186 e. The van der Waals surface area contributed by atoms with Gasteiger partial charge in [0, 0.05) is 44.9 Å². The van der Waals surface area contributed by atoms with Gasteiger partial charge in [-0.15, -0.1) is 0 Å². The van der Waals surface area contributed by atoms with E-state index in [0.29, 0.717) is 12.6 Å². The summed E-state index contributed by atoms with van der Waals surface area (Å²) in [6.07, 6.45) is 8.85. The van der Waals surface area contributed by atoms with Crippen LogP contribution in [0.25, 0.3) is 0 Å². The van der Waals surface area contributed by atoms with Crippen LogP contribution in [0.2, 0.25) is 0 Å². The first-order chi connectivity index (χ1) is 14.9. The van der Waals surface area contributed by atoms with Gasteiger partial charge in [0.25, 0.3) is 0 Å². The third-order valence-corrected chi connectivity index (χ3v) is 6.60. The van der Waals surface area contributed by atoms with Gasteiger partial charge in [0.2, 0.25) is 0 Å². The maximum absolute atomic E-state index is 5.57. The Kier molecular flexibility index (Phi) is 11.2. The van der Waals surface area contributed by atoms with E-state index in [4.69, 9.17) is 14.7 Å². The van der Waals surface area contributed by atoms with Crippen molar-refractivity contribution in [1.82, 2.24) is 9.88 Å². The largest absolute Gasteiger partial charge is 0.380 e. The summed E-state index contributed by atoms with van der Waals surface area (Å²) < 4.78 is 5.57. The fourth-order valence-electron chi connectivity index (χ4n) is 3.69. The van der Waals surface area contributed by atoms with Crippen LogP contribution in [0.5, 0.6) is 0 Å². The Hall–Kier alpha value is -1.73. The van der Waals surface area contributed by atoms with Crippen molar-refractivity contribution in [2.24, 2.45) is 15.9 Å². The van der Waals surface area contributed by atoms with Gasteiger partial charge in [-0.05, 0) is 51.5 Å². The fourth-order valence-corrected chi connectivity index (χ4v) is 4.70. The van der Waals surface area contributed by atoms with Gasteiger partial charge in [0.1, 0.15) is 6.67 Å². The van der Waals surface area contributed by atoms with E-state index in [-0.39, 0.29) is 0 Å². The van der Waals surface area contributed by atoms with Crippen molar-refractivity contribution in [2.75, 3.05) is 51.5 Å². The standard InChI is InChI=1S/C24H41N5OS/c1-7-10-21(8-2)22(15-26-19(3)4)17-28(6)18-25-16-23-20(5)27-24(31-23)29-11-9-13-30-14-12-29/h16-17,21H,7-15,18H2,1-6H3/b22-17+,25-16+. The molecule has 1 atom stereocenters. The van der Waals surface area contributed by atoms with Gasteiger partial charge in [0.15, 0.2) is 5.13 Å². The highest BCUT2D eigenvalue weighted by Gasteiger charge is 2.15. The highest BCUT2D eigenvalue weighted by Crippen LogP contribution is 2.26. The Balaban J connectivity index is 2.03. The number of rotatable bonds is 11. The zero-order valence-electron chi connectivity index (χ0n) is 20.4. The van der Waals surface area contributed by atoms with Crippen LogP contribution in [0.1, 0.15) is 63.9 Å². The Labute approximate surface area is 193 Å². The zero-order chi connectivity index (χ0) is 22.6. The van der Waals surface area contributed by atoms with Crippen LogP contribution in [-0.2, 0) is 4.74 Å². The Morgan fingerprint density at radius 3 is 2.81 bits per heavy atom. The topological polar surface area (TPSA) is 53.3 Å². The van der Waals surface area contributed by atoms with Crippen molar-refractivity contribution in [3.8, 4) is 0 Å². The number of ether oxygens (including phenoxy) is 1. The van der Waals surface area contributed by atoms with Gasteiger partial charge in [0.05, 0.1) is 23.7 Å². The van der Waals surface area contributed by atoms with E-state index < -0.39 is 0 Å². The van der Waals surface area contributed by atoms with Gasteiger partial charge < -0.3 is 14.5 Å². The maximum Gasteiger partial charge on any atom is 0.186 e. The summed E-state index contributed by atoms with van der Waals surface area (Å²) in [6, 6.07) is 0. The molecular formula is C24H41N5OS. The van der Waals surface area contributed by atoms with Crippen molar-refractivity contribution in [1.29, 1.82) is 0 Å². The number of hydrogen-bond donors (Lipinski definition) is 0. The predicted molar refractivity (Wildman–Crippen MR) is 135 cm³/mol. The molecule has 7 heteroatoms. The first-order valence-electron chi connectivity index (χ1n) is 11.6. The molecule has 2 heterocycles. The third-order valence-electron chi connectivity index (χ3n) is 5.45. The van der Waals surface area contributed by atoms with E-state index in [1.54, 1.807) is 11.3 Å². The quantitative estimate of drug-likeness (QED) is 0.439. The van der Waals surface area contributed by atoms with Crippen LogP contribution in [0.4, 0.5) is 5.13 Å². The maximum atomic E-state index is 5.57. The first kappa shape index (κ1) is 25.5. The van der Waals surface area contributed by atoms with Crippen LogP contribution in [0, 0.1) is 12.8 Å². The molecule has 1 aromatic heterocycles. The van der Waals surface area contributed by atoms with Crippen molar-refractivity contribution in [3.63, 3.8) is 0 Å². The number of aryl methyl sites for hydroxylation is 1. The predicted octanol–water partition coefficient (Wildman–Crippen LogP) is 5.18. The number of aliphatic imine (C=N–C) groups is 2. The van der Waals surface area contributed by atoms with E-state index in [1.165, 1.54) is 18.4 Å². The monoisotopic (exact) mass is 447 g/mol. The van der Waals surface area contributed by atoms with E-state index in [0.717, 1.165) is 67.1 Å². The molecule has 1 aromatic rings. The first-order valence-corrected chi connectivity index (χ1v) is 12.4. The zero-order valence-corrected chi connectivity index (χ0v) is 21.2. The minimum atomic E-state index is 0.587. The lowest BCUT2D eigenvalue weighted by Gasteiger charge is -2.21. The third kappa shape index (κ3) is 8.73. The molecule has 1 fully saturated rings. The minimum Gasteiger partial charge on any atom is -0.380 e. The molecule has 0 aliphatic carbocycles. The molecule has 174 valence electrons. The van der Waals surface area contributed by atoms with Crippen molar-refractivity contribution >= 4 is 28.4 Å². The molecule has 0 bridgehead atoms. The normalized spacial score (nSPS) is 16.5. The lowest BCUT2D eigenvalue weighted by molar-refractivity contribution is 0.152. The molecule has 0 amide bonds. The second kappa shape index (κ2) is 13.6. The number of nitrogens with zero attached hydrogens (tertiary/aromatic N) is 5. The molecule has 0 saturated carbocycles. The number of thiazole rings is 1. The van der Waals surface area contributed by atoms with Crippen molar-refractivity contribution in [3.05, 3.63) is 22.3 Å². The van der Waals surface area contributed by atoms with Gasteiger partial charge in [-0.25, -0.2) is 4.98 Å². The molecule has 0 radical (unpaired) electrons. The van der Waals surface area contributed by atoms with E-state index in [2.05, 4.69) is 62.7 Å². The molecule has 31 heavy (non-hydrogen) atoms. The molecule has 0 N–H and O–H groups in total. The van der Waals surface area contributed by atoms with Gasteiger partial charge in [-0.3, -0.25) is 9.98 Å². The van der Waals surface area contributed by atoms with Gasteiger partial charge in [-0.1, -0.05) is 31.6 Å². The van der Waals surface area contributed by atoms with E-state index >= 15 is 0 Å². The second-order valence-corrected chi connectivity index (χ2v) is 9.48. The summed E-state index contributed by atoms with van der Waals surface area (Å²) in [5, 5.41) is 1.08. The number of anilines is 1. The van der Waals surface area contributed by atoms with Gasteiger partial charge in [-0.2, -0.15) is 0 Å². The van der Waals surface area contributed by atoms with E-state index in [1.807, 2.05) is 6.21 Å². The summed E-state index contributed by atoms with van der Waals surface area (Å²) in [5.41, 5.74) is 3.59. The number of hydrogen-bond acceptors (Lipinski definition) is 7. The lowest BCUT2D eigenvalue weighted by atomic mass is 9.92. The highest BCUT2D eigenvalue weighted by molar-refractivity contribution is 7.17. The van der Waals surface area contributed by atoms with Crippen molar-refractivity contribution < 1.29 is 4.74 Å². The SMILES string of the molecule is CCCC(CC)/C(=C/N(C)C/N=C/c1sc(N2CCCOCC2)nc1C)CN=C(C)C. The molecule has 1 saturated heterocycles. The van der Waals surface area contributed by atoms with Crippen LogP contribution < -0.4 is 4.90 Å². The van der Waals surface area contributed by atoms with Crippen LogP contribution in [-0.4, -0.2) is 68.4 Å². The molecule has 2 rings (SSSR count). The van der Waals surface area contributed by atoms with Crippen LogP contribution in [0.15, 0.2) is 21.8 Å². The lowest BCUT2D eigenvalue weighted by Crippen LogP contribution is -2.25. The fraction of sp³-hybridized carbons (Fsp3) is 0.708. The average Bonchev–Trinajstić information content (AvgIpc) is 2.93. The Bertz CT molecular complexity index is 743. The van der Waals surface area contributed by atoms with Gasteiger partial charge >= 0.3 is 0 Å². The van der Waals surface area contributed by atoms with E-state index in [9.17, 15) is 0 Å². The molecular weight excluding hydrogens is 406 g/mol. The molecule has 0 aromatic carbocycles. The number of aromatic nitrogens is 1.